The number of carbonyl (C=O) groups is 2. The lowest BCUT2D eigenvalue weighted by molar-refractivity contribution is -0.156. The summed E-state index contributed by atoms with van der Waals surface area (Å²) in [4.78, 5) is 24.8. The summed E-state index contributed by atoms with van der Waals surface area (Å²) in [6.07, 6.45) is 16.6. The molecule has 0 aromatic carbocycles. The van der Waals surface area contributed by atoms with E-state index in [1.54, 1.807) is 16.0 Å². The average molecular weight is 674 g/mol. The number of hydrogen-bond acceptors (Lipinski definition) is 7. The number of carbonyl (C=O) groups excluding carboxylic acids is 1. The Bertz CT molecular complexity index is 1140. The van der Waals surface area contributed by atoms with E-state index in [1.165, 1.54) is 50.5 Å². The first-order chi connectivity index (χ1) is 22.8. The number of aliphatic hydroxyl groups is 3. The molecule has 0 heterocycles. The maximum atomic E-state index is 12.2. The van der Waals surface area contributed by atoms with Crippen molar-refractivity contribution in [3.63, 3.8) is 0 Å². The second-order valence-corrected chi connectivity index (χ2v) is 15.9. The predicted octanol–water partition coefficient (Wildman–Crippen LogP) is 6.79. The highest BCUT2D eigenvalue weighted by Crippen LogP contribution is 2.67. The van der Waals surface area contributed by atoms with E-state index in [2.05, 4.69) is 54.5 Å². The standard InChI is InChI=1S/C34H52O4.C6H15NO3/c1-8-24(21(2)3)10-9-22(4)26-13-14-28-25-11-12-27-23(5)30(38-32(37)16-15-31(35)36)18-20-34(27,7)29(25)17-19-33(26,28)6;8-4-1-7(2-5-9)3-6-10/h11,15-16,22-23,26-30H,8-10,12-14,17-20H2,1-7H3,(H,35,36);8-10H,1-6H2/b16-15+;. The van der Waals surface area contributed by atoms with Crippen molar-refractivity contribution in [2.24, 2.45) is 46.3 Å². The van der Waals surface area contributed by atoms with Crippen molar-refractivity contribution in [2.75, 3.05) is 39.5 Å². The third-order valence-corrected chi connectivity index (χ3v) is 13.2. The van der Waals surface area contributed by atoms with Gasteiger partial charge < -0.3 is 25.2 Å². The van der Waals surface area contributed by atoms with Gasteiger partial charge >= 0.3 is 11.9 Å². The van der Waals surface area contributed by atoms with Crippen LogP contribution >= 0.6 is 0 Å². The quantitative estimate of drug-likeness (QED) is 0.0902. The number of carboxylic acids is 1. The molecule has 9 unspecified atom stereocenters. The number of allylic oxidation sites excluding steroid dienone is 4. The number of rotatable bonds is 14. The van der Waals surface area contributed by atoms with Crippen molar-refractivity contribution in [3.8, 4) is 0 Å². The van der Waals surface area contributed by atoms with Crippen LogP contribution in [0.5, 0.6) is 0 Å². The zero-order valence-electron chi connectivity index (χ0n) is 31.0. The Hall–Kier alpha value is -2.00. The van der Waals surface area contributed by atoms with Crippen molar-refractivity contribution in [3.05, 3.63) is 34.9 Å². The number of fused-ring (bicyclic) bond motifs is 5. The fraction of sp³-hybridized carbons (Fsp3) is 0.800. The van der Waals surface area contributed by atoms with Gasteiger partial charge in [-0.2, -0.15) is 0 Å². The summed E-state index contributed by atoms with van der Waals surface area (Å²) in [6.45, 7) is 18.5. The maximum absolute atomic E-state index is 12.2. The third kappa shape index (κ3) is 9.41. The lowest BCUT2D eigenvalue weighted by Gasteiger charge is -2.59. The number of aliphatic hydroxyl groups excluding tert-OH is 3. The van der Waals surface area contributed by atoms with Crippen LogP contribution in [0, 0.1) is 46.3 Å². The number of nitrogens with zero attached hydrogens (tertiary/aromatic N) is 1. The first-order valence-electron chi connectivity index (χ1n) is 18.8. The van der Waals surface area contributed by atoms with E-state index in [0.29, 0.717) is 36.9 Å². The highest BCUT2D eigenvalue weighted by atomic mass is 16.5. The molecule has 0 aliphatic heterocycles. The van der Waals surface area contributed by atoms with Crippen molar-refractivity contribution < 1.29 is 34.8 Å². The Labute approximate surface area is 290 Å². The first kappa shape index (κ1) is 40.4. The fourth-order valence-corrected chi connectivity index (χ4v) is 10.5. The van der Waals surface area contributed by atoms with Crippen molar-refractivity contribution >= 4 is 11.9 Å². The Morgan fingerprint density at radius 3 is 2.12 bits per heavy atom. The number of esters is 1. The first-order valence-corrected chi connectivity index (χ1v) is 18.8. The Kier molecular flexibility index (Phi) is 15.4. The second kappa shape index (κ2) is 18.3. The molecule has 4 rings (SSSR count). The topological polar surface area (TPSA) is 128 Å². The van der Waals surface area contributed by atoms with Crippen LogP contribution in [0.2, 0.25) is 0 Å². The Morgan fingerprint density at radius 2 is 1.56 bits per heavy atom. The van der Waals surface area contributed by atoms with Gasteiger partial charge in [-0.25, -0.2) is 9.59 Å². The van der Waals surface area contributed by atoms with Crippen LogP contribution in [0.1, 0.15) is 113 Å². The van der Waals surface area contributed by atoms with Gasteiger partial charge in [-0.15, -0.1) is 0 Å². The van der Waals surface area contributed by atoms with E-state index in [1.807, 2.05) is 0 Å². The third-order valence-electron chi connectivity index (χ3n) is 13.2. The van der Waals surface area contributed by atoms with Gasteiger partial charge in [0.05, 0.1) is 19.8 Å². The number of aliphatic carboxylic acids is 1. The molecule has 0 spiro atoms. The minimum absolute atomic E-state index is 0.0694. The largest absolute Gasteiger partial charge is 0.478 e. The molecule has 9 atom stereocenters. The van der Waals surface area contributed by atoms with Crippen molar-refractivity contribution in [1.82, 2.24) is 4.90 Å². The molecule has 8 nitrogen and oxygen atoms in total. The minimum Gasteiger partial charge on any atom is -0.478 e. The van der Waals surface area contributed by atoms with Crippen LogP contribution in [0.3, 0.4) is 0 Å². The second-order valence-electron chi connectivity index (χ2n) is 15.9. The summed E-state index contributed by atoms with van der Waals surface area (Å²) in [6, 6.07) is 0. The molecule has 0 radical (unpaired) electrons. The van der Waals surface area contributed by atoms with Gasteiger partial charge in [0.1, 0.15) is 6.10 Å². The van der Waals surface area contributed by atoms with E-state index in [4.69, 9.17) is 25.2 Å². The normalized spacial score (nSPS) is 33.1. The number of ether oxygens (including phenoxy) is 1. The molecule has 3 fully saturated rings. The highest BCUT2D eigenvalue weighted by molar-refractivity contribution is 5.90. The van der Waals surface area contributed by atoms with Crippen LogP contribution < -0.4 is 0 Å². The van der Waals surface area contributed by atoms with Crippen LogP contribution in [-0.2, 0) is 14.3 Å². The van der Waals surface area contributed by atoms with Gasteiger partial charge in [0.25, 0.3) is 0 Å². The molecule has 4 aliphatic rings. The number of hydrogen-bond donors (Lipinski definition) is 4. The molecule has 0 saturated heterocycles. The Balaban J connectivity index is 0.000000542. The maximum Gasteiger partial charge on any atom is 0.331 e. The molecule has 0 bridgehead atoms. The van der Waals surface area contributed by atoms with Gasteiger partial charge in [-0.3, -0.25) is 4.90 Å². The van der Waals surface area contributed by atoms with E-state index in [0.717, 1.165) is 49.2 Å². The van der Waals surface area contributed by atoms with Crippen molar-refractivity contribution in [1.29, 1.82) is 0 Å². The molecular weight excluding hydrogens is 606 g/mol. The molecule has 4 aliphatic carbocycles. The molecule has 0 amide bonds. The van der Waals surface area contributed by atoms with Crippen LogP contribution in [0.15, 0.2) is 34.9 Å². The van der Waals surface area contributed by atoms with E-state index in [9.17, 15) is 9.59 Å². The van der Waals surface area contributed by atoms with Gasteiger partial charge in [0.15, 0.2) is 0 Å². The lowest BCUT2D eigenvalue weighted by Crippen LogP contribution is -2.53. The van der Waals surface area contributed by atoms with Crippen LogP contribution in [0.4, 0.5) is 0 Å². The fourth-order valence-electron chi connectivity index (χ4n) is 10.5. The SMILES string of the molecule is CCC(CCC(C)C1CCC2C3=CCC4C(C)C(OC(=O)/C=C/C(=O)O)CCC4(C)C3CCC21C)=C(C)C.OCCN(CCO)CCO. The molecule has 274 valence electrons. The molecule has 8 heteroatoms. The predicted molar refractivity (Wildman–Crippen MR) is 191 cm³/mol. The van der Waals surface area contributed by atoms with Crippen LogP contribution in [0.25, 0.3) is 0 Å². The number of carboxylic acid groups (broad SMARTS) is 1. The van der Waals surface area contributed by atoms with E-state index < -0.39 is 11.9 Å². The van der Waals surface area contributed by atoms with Crippen molar-refractivity contribution in [2.45, 2.75) is 119 Å². The molecule has 0 aromatic heterocycles. The van der Waals surface area contributed by atoms with Gasteiger partial charge in [-0.1, -0.05) is 57.4 Å². The smallest absolute Gasteiger partial charge is 0.331 e. The van der Waals surface area contributed by atoms with Crippen LogP contribution in [-0.4, -0.2) is 82.8 Å². The summed E-state index contributed by atoms with van der Waals surface area (Å²) in [5, 5.41) is 34.3. The van der Waals surface area contributed by atoms with E-state index >= 15 is 0 Å². The van der Waals surface area contributed by atoms with Gasteiger partial charge in [0.2, 0.25) is 0 Å². The molecule has 0 aromatic rings. The average Bonchev–Trinajstić information content (AvgIpc) is 3.39. The summed E-state index contributed by atoms with van der Waals surface area (Å²) >= 11 is 0. The minimum atomic E-state index is -1.12. The zero-order chi connectivity index (χ0) is 35.6. The summed E-state index contributed by atoms with van der Waals surface area (Å²) in [5.41, 5.74) is 5.63. The monoisotopic (exact) mass is 673 g/mol. The zero-order valence-corrected chi connectivity index (χ0v) is 31.0. The molecule has 3 saturated carbocycles. The Morgan fingerprint density at radius 1 is 0.958 bits per heavy atom. The van der Waals surface area contributed by atoms with Gasteiger partial charge in [0, 0.05) is 31.8 Å². The lowest BCUT2D eigenvalue weighted by atomic mass is 9.46. The molecule has 4 N–H and O–H groups in total. The summed E-state index contributed by atoms with van der Waals surface area (Å²) in [5.74, 6) is 2.10. The molecule has 48 heavy (non-hydrogen) atoms. The van der Waals surface area contributed by atoms with Gasteiger partial charge in [-0.05, 0) is 124 Å². The summed E-state index contributed by atoms with van der Waals surface area (Å²) in [7, 11) is 0. The summed E-state index contributed by atoms with van der Waals surface area (Å²) < 4.78 is 5.76. The highest BCUT2D eigenvalue weighted by Gasteiger charge is 2.59. The molecular formula is C40H67NO7. The van der Waals surface area contributed by atoms with E-state index in [-0.39, 0.29) is 37.3 Å².